The minimum Gasteiger partial charge on any atom is -0.492 e. The molecule has 0 aliphatic carbocycles. The molecule has 1 aromatic rings. The average molecular weight is 187 g/mol. The van der Waals surface area contributed by atoms with Crippen molar-refractivity contribution in [2.75, 3.05) is 13.2 Å². The Hall–Kier alpha value is -0.770. The largest absolute Gasteiger partial charge is 0.492 e. The summed E-state index contributed by atoms with van der Waals surface area (Å²) >= 11 is 5.69. The van der Waals surface area contributed by atoms with Crippen molar-refractivity contribution >= 4 is 11.6 Å². The van der Waals surface area contributed by atoms with Crippen molar-refractivity contribution in [3.63, 3.8) is 0 Å². The monoisotopic (exact) mass is 186 g/mol. The number of hydrazine groups is 1. The van der Waals surface area contributed by atoms with Crippen LogP contribution in [0.15, 0.2) is 24.3 Å². The van der Waals surface area contributed by atoms with E-state index in [1.165, 1.54) is 0 Å². The zero-order valence-electron chi connectivity index (χ0n) is 6.59. The van der Waals surface area contributed by atoms with E-state index in [-0.39, 0.29) is 0 Å². The average Bonchev–Trinajstić information content (AvgIpc) is 2.09. The molecule has 3 nitrogen and oxygen atoms in total. The van der Waals surface area contributed by atoms with E-state index in [2.05, 4.69) is 5.43 Å². The van der Waals surface area contributed by atoms with Gasteiger partial charge in [-0.2, -0.15) is 0 Å². The predicted octanol–water partition coefficient (Wildman–Crippen LogP) is 1.18. The highest BCUT2D eigenvalue weighted by molar-refractivity contribution is 6.30. The van der Waals surface area contributed by atoms with Gasteiger partial charge in [0, 0.05) is 11.6 Å². The van der Waals surface area contributed by atoms with Gasteiger partial charge in [-0.1, -0.05) is 11.6 Å². The molecule has 0 bridgehead atoms. The van der Waals surface area contributed by atoms with Crippen molar-refractivity contribution in [3.8, 4) is 5.75 Å². The molecule has 0 aromatic heterocycles. The summed E-state index contributed by atoms with van der Waals surface area (Å²) in [4.78, 5) is 0. The molecule has 0 atom stereocenters. The predicted molar refractivity (Wildman–Crippen MR) is 49.1 cm³/mol. The van der Waals surface area contributed by atoms with Crippen molar-refractivity contribution in [2.24, 2.45) is 5.84 Å². The molecule has 0 spiro atoms. The molecule has 1 rings (SSSR count). The third kappa shape index (κ3) is 3.09. The number of hydrogen-bond donors (Lipinski definition) is 2. The van der Waals surface area contributed by atoms with E-state index < -0.39 is 0 Å². The van der Waals surface area contributed by atoms with Crippen molar-refractivity contribution in [2.45, 2.75) is 0 Å². The molecule has 0 unspecified atom stereocenters. The van der Waals surface area contributed by atoms with Gasteiger partial charge < -0.3 is 4.74 Å². The van der Waals surface area contributed by atoms with Crippen LogP contribution in [-0.2, 0) is 0 Å². The van der Waals surface area contributed by atoms with Crippen LogP contribution in [0.2, 0.25) is 5.02 Å². The first-order valence-corrected chi connectivity index (χ1v) is 4.02. The third-order valence-electron chi connectivity index (χ3n) is 1.33. The van der Waals surface area contributed by atoms with Crippen molar-refractivity contribution in [3.05, 3.63) is 29.3 Å². The Morgan fingerprint density at radius 3 is 2.58 bits per heavy atom. The molecule has 3 N–H and O–H groups in total. The number of rotatable bonds is 4. The first-order valence-electron chi connectivity index (χ1n) is 3.65. The fraction of sp³-hybridized carbons (Fsp3) is 0.250. The normalized spacial score (nSPS) is 9.83. The van der Waals surface area contributed by atoms with E-state index in [0.717, 1.165) is 5.75 Å². The fourth-order valence-electron chi connectivity index (χ4n) is 0.759. The Bertz CT molecular complexity index is 225. The van der Waals surface area contributed by atoms with Crippen LogP contribution in [0, 0.1) is 0 Å². The van der Waals surface area contributed by atoms with E-state index in [4.69, 9.17) is 22.2 Å². The molecule has 0 amide bonds. The molecule has 0 aliphatic heterocycles. The zero-order valence-corrected chi connectivity index (χ0v) is 7.34. The number of nitrogens with one attached hydrogen (secondary N) is 1. The van der Waals surface area contributed by atoms with Crippen LogP contribution in [-0.4, -0.2) is 13.2 Å². The standard InChI is InChI=1S/C8H11ClN2O/c9-7-1-3-8(4-2-7)12-6-5-11-10/h1-4,11H,5-6,10H2. The summed E-state index contributed by atoms with van der Waals surface area (Å²) in [6.07, 6.45) is 0. The summed E-state index contributed by atoms with van der Waals surface area (Å²) in [5, 5.41) is 0.708. The summed E-state index contributed by atoms with van der Waals surface area (Å²) < 4.78 is 5.30. The molecule has 12 heavy (non-hydrogen) atoms. The maximum Gasteiger partial charge on any atom is 0.119 e. The van der Waals surface area contributed by atoms with E-state index in [1.807, 2.05) is 12.1 Å². The second kappa shape index (κ2) is 4.98. The van der Waals surface area contributed by atoms with Gasteiger partial charge in [-0.3, -0.25) is 11.3 Å². The maximum atomic E-state index is 5.69. The highest BCUT2D eigenvalue weighted by atomic mass is 35.5. The van der Waals surface area contributed by atoms with E-state index in [9.17, 15) is 0 Å². The van der Waals surface area contributed by atoms with Crippen LogP contribution >= 0.6 is 11.6 Å². The summed E-state index contributed by atoms with van der Waals surface area (Å²) in [5.74, 6) is 5.87. The van der Waals surface area contributed by atoms with Crippen LogP contribution in [0.4, 0.5) is 0 Å². The molecule has 0 fully saturated rings. The van der Waals surface area contributed by atoms with Gasteiger partial charge >= 0.3 is 0 Å². The highest BCUT2D eigenvalue weighted by Gasteiger charge is 1.91. The van der Waals surface area contributed by atoms with Gasteiger partial charge in [0.15, 0.2) is 0 Å². The molecule has 0 aliphatic rings. The molecular weight excluding hydrogens is 176 g/mol. The lowest BCUT2D eigenvalue weighted by molar-refractivity contribution is 0.315. The van der Waals surface area contributed by atoms with Crippen molar-refractivity contribution < 1.29 is 4.74 Å². The highest BCUT2D eigenvalue weighted by Crippen LogP contribution is 2.14. The Morgan fingerprint density at radius 1 is 1.33 bits per heavy atom. The second-order valence-electron chi connectivity index (χ2n) is 2.26. The number of nitrogens with two attached hydrogens (primary N) is 1. The SMILES string of the molecule is NNCCOc1ccc(Cl)cc1. The minimum atomic E-state index is 0.554. The molecule has 0 heterocycles. The lowest BCUT2D eigenvalue weighted by atomic mass is 10.3. The Balaban J connectivity index is 2.37. The minimum absolute atomic E-state index is 0.554. The van der Waals surface area contributed by atoms with E-state index in [1.54, 1.807) is 12.1 Å². The first kappa shape index (κ1) is 9.32. The molecule has 4 heteroatoms. The zero-order chi connectivity index (χ0) is 8.81. The summed E-state index contributed by atoms with van der Waals surface area (Å²) in [6, 6.07) is 7.21. The fourth-order valence-corrected chi connectivity index (χ4v) is 0.885. The van der Waals surface area contributed by atoms with E-state index in [0.29, 0.717) is 18.2 Å². The lowest BCUT2D eigenvalue weighted by Crippen LogP contribution is -2.27. The van der Waals surface area contributed by atoms with Crippen LogP contribution < -0.4 is 16.0 Å². The van der Waals surface area contributed by atoms with Crippen molar-refractivity contribution in [1.29, 1.82) is 0 Å². The maximum absolute atomic E-state index is 5.69. The first-order chi connectivity index (χ1) is 5.83. The molecule has 1 aromatic carbocycles. The van der Waals surface area contributed by atoms with Gasteiger partial charge in [0.25, 0.3) is 0 Å². The topological polar surface area (TPSA) is 47.3 Å². The Morgan fingerprint density at radius 2 is 2.00 bits per heavy atom. The molecule has 0 saturated heterocycles. The lowest BCUT2D eigenvalue weighted by Gasteiger charge is -2.04. The number of halogens is 1. The van der Waals surface area contributed by atoms with Crippen LogP contribution in [0.25, 0.3) is 0 Å². The van der Waals surface area contributed by atoms with Gasteiger partial charge in [0.1, 0.15) is 12.4 Å². The van der Waals surface area contributed by atoms with E-state index >= 15 is 0 Å². The summed E-state index contributed by atoms with van der Waals surface area (Å²) in [7, 11) is 0. The molecule has 66 valence electrons. The van der Waals surface area contributed by atoms with Crippen LogP contribution in [0.3, 0.4) is 0 Å². The number of benzene rings is 1. The third-order valence-corrected chi connectivity index (χ3v) is 1.58. The summed E-state index contributed by atoms with van der Waals surface area (Å²) in [6.45, 7) is 1.18. The summed E-state index contributed by atoms with van der Waals surface area (Å²) in [5.41, 5.74) is 2.50. The molecule has 0 radical (unpaired) electrons. The van der Waals surface area contributed by atoms with Gasteiger partial charge in [0.2, 0.25) is 0 Å². The Kier molecular flexibility index (Phi) is 3.87. The quantitative estimate of drug-likeness (QED) is 0.422. The van der Waals surface area contributed by atoms with Crippen LogP contribution in [0.1, 0.15) is 0 Å². The van der Waals surface area contributed by atoms with Gasteiger partial charge in [-0.25, -0.2) is 0 Å². The Labute approximate surface area is 76.4 Å². The van der Waals surface area contributed by atoms with Gasteiger partial charge in [0.05, 0.1) is 0 Å². The smallest absolute Gasteiger partial charge is 0.119 e. The van der Waals surface area contributed by atoms with Gasteiger partial charge in [-0.15, -0.1) is 0 Å². The van der Waals surface area contributed by atoms with Gasteiger partial charge in [-0.05, 0) is 24.3 Å². The molecule has 0 saturated carbocycles. The number of hydrogen-bond acceptors (Lipinski definition) is 3. The number of ether oxygens (including phenoxy) is 1. The second-order valence-corrected chi connectivity index (χ2v) is 2.69. The molecular formula is C8H11ClN2O. The van der Waals surface area contributed by atoms with Crippen LogP contribution in [0.5, 0.6) is 5.75 Å². The van der Waals surface area contributed by atoms with Crippen molar-refractivity contribution in [1.82, 2.24) is 5.43 Å².